The summed E-state index contributed by atoms with van der Waals surface area (Å²) in [5.41, 5.74) is 0.564. The van der Waals surface area contributed by atoms with E-state index in [1.165, 1.54) is 6.07 Å². The maximum Gasteiger partial charge on any atom is 0.303 e. The molecule has 21 heavy (non-hydrogen) atoms. The Labute approximate surface area is 125 Å². The van der Waals surface area contributed by atoms with Gasteiger partial charge in [-0.2, -0.15) is 0 Å². The summed E-state index contributed by atoms with van der Waals surface area (Å²) in [7, 11) is 0. The minimum atomic E-state index is -0.851. The van der Waals surface area contributed by atoms with Crippen LogP contribution in [0.1, 0.15) is 32.3 Å². The first kappa shape index (κ1) is 17.0. The Bertz CT molecular complexity index is 485. The molecule has 116 valence electrons. The molecule has 0 saturated carbocycles. The van der Waals surface area contributed by atoms with Crippen LogP contribution in [0.15, 0.2) is 24.3 Å². The quantitative estimate of drug-likeness (QED) is 0.685. The number of hydrogen-bond acceptors (Lipinski definition) is 3. The summed E-state index contributed by atoms with van der Waals surface area (Å²) in [6.07, 6.45) is 0.895. The lowest BCUT2D eigenvalue weighted by atomic mass is 9.94. The molecule has 1 amide bonds. The predicted octanol–water partition coefficient (Wildman–Crippen LogP) is 2.19. The SMILES string of the molecule is CC(C)C[C@H](CNC(=O)Cc1ccccc1O)CC(=O)O. The highest BCUT2D eigenvalue weighted by molar-refractivity contribution is 5.79. The van der Waals surface area contributed by atoms with Gasteiger partial charge < -0.3 is 15.5 Å². The van der Waals surface area contributed by atoms with Crippen molar-refractivity contribution in [3.8, 4) is 5.75 Å². The number of carbonyl (C=O) groups is 2. The first-order valence-corrected chi connectivity index (χ1v) is 7.13. The second-order valence-electron chi connectivity index (χ2n) is 5.70. The zero-order valence-corrected chi connectivity index (χ0v) is 12.5. The van der Waals surface area contributed by atoms with E-state index in [-0.39, 0.29) is 30.4 Å². The third-order valence-corrected chi connectivity index (χ3v) is 3.20. The largest absolute Gasteiger partial charge is 0.508 e. The second kappa shape index (κ2) is 8.29. The number of carbonyl (C=O) groups excluding carboxylic acids is 1. The van der Waals surface area contributed by atoms with Crippen molar-refractivity contribution in [1.29, 1.82) is 0 Å². The Morgan fingerprint density at radius 1 is 1.24 bits per heavy atom. The molecule has 1 aromatic rings. The van der Waals surface area contributed by atoms with Crippen LogP contribution in [0.3, 0.4) is 0 Å². The third kappa shape index (κ3) is 6.79. The number of amides is 1. The molecule has 5 heteroatoms. The number of aliphatic carboxylic acids is 1. The molecule has 5 nitrogen and oxygen atoms in total. The number of carboxylic acid groups (broad SMARTS) is 1. The van der Waals surface area contributed by atoms with Gasteiger partial charge in [0.25, 0.3) is 0 Å². The highest BCUT2D eigenvalue weighted by atomic mass is 16.4. The van der Waals surface area contributed by atoms with Crippen LogP contribution in [-0.2, 0) is 16.0 Å². The molecule has 0 unspecified atom stereocenters. The van der Waals surface area contributed by atoms with Gasteiger partial charge in [-0.15, -0.1) is 0 Å². The van der Waals surface area contributed by atoms with E-state index in [0.29, 0.717) is 18.0 Å². The molecule has 0 aromatic heterocycles. The van der Waals surface area contributed by atoms with Crippen molar-refractivity contribution in [2.75, 3.05) is 6.54 Å². The number of nitrogens with one attached hydrogen (secondary N) is 1. The predicted molar refractivity (Wildman–Crippen MR) is 80.0 cm³/mol. The van der Waals surface area contributed by atoms with Gasteiger partial charge in [0.2, 0.25) is 5.91 Å². The summed E-state index contributed by atoms with van der Waals surface area (Å²) in [6, 6.07) is 6.68. The third-order valence-electron chi connectivity index (χ3n) is 3.20. The van der Waals surface area contributed by atoms with Gasteiger partial charge >= 0.3 is 5.97 Å². The van der Waals surface area contributed by atoms with Crippen LogP contribution in [0.4, 0.5) is 0 Å². The lowest BCUT2D eigenvalue weighted by Gasteiger charge is -2.17. The van der Waals surface area contributed by atoms with Crippen LogP contribution >= 0.6 is 0 Å². The Hall–Kier alpha value is -2.04. The van der Waals surface area contributed by atoms with E-state index >= 15 is 0 Å². The molecule has 0 radical (unpaired) electrons. The van der Waals surface area contributed by atoms with E-state index in [2.05, 4.69) is 5.32 Å². The molecule has 0 bridgehead atoms. The zero-order chi connectivity index (χ0) is 15.8. The summed E-state index contributed by atoms with van der Waals surface area (Å²) in [6.45, 7) is 4.40. The molecular formula is C16H23NO4. The van der Waals surface area contributed by atoms with Crippen LogP contribution < -0.4 is 5.32 Å². The van der Waals surface area contributed by atoms with Crippen LogP contribution in [-0.4, -0.2) is 28.6 Å². The van der Waals surface area contributed by atoms with E-state index in [0.717, 1.165) is 6.42 Å². The minimum absolute atomic E-state index is 0.0506. The van der Waals surface area contributed by atoms with Crippen LogP contribution in [0.5, 0.6) is 5.75 Å². The smallest absolute Gasteiger partial charge is 0.303 e. The summed E-state index contributed by atoms with van der Waals surface area (Å²) in [5.74, 6) is -0.664. The summed E-state index contributed by atoms with van der Waals surface area (Å²) in [5, 5.41) is 21.3. The van der Waals surface area contributed by atoms with Crippen LogP contribution in [0.2, 0.25) is 0 Å². The highest BCUT2D eigenvalue weighted by Crippen LogP contribution is 2.17. The van der Waals surface area contributed by atoms with Crippen molar-refractivity contribution < 1.29 is 19.8 Å². The average Bonchev–Trinajstić information content (AvgIpc) is 2.37. The molecule has 3 N–H and O–H groups in total. The number of rotatable bonds is 8. The minimum Gasteiger partial charge on any atom is -0.508 e. The second-order valence-corrected chi connectivity index (χ2v) is 5.70. The van der Waals surface area contributed by atoms with Crippen molar-refractivity contribution >= 4 is 11.9 Å². The van der Waals surface area contributed by atoms with E-state index in [1.807, 2.05) is 13.8 Å². The van der Waals surface area contributed by atoms with Gasteiger partial charge in [-0.25, -0.2) is 0 Å². The van der Waals surface area contributed by atoms with Crippen LogP contribution in [0.25, 0.3) is 0 Å². The number of phenols is 1. The van der Waals surface area contributed by atoms with Gasteiger partial charge in [0.15, 0.2) is 0 Å². The molecule has 0 aliphatic heterocycles. The molecule has 1 rings (SSSR count). The average molecular weight is 293 g/mol. The van der Waals surface area contributed by atoms with Gasteiger partial charge in [0, 0.05) is 18.5 Å². The maximum atomic E-state index is 11.9. The lowest BCUT2D eigenvalue weighted by Crippen LogP contribution is -2.32. The molecule has 0 saturated heterocycles. The van der Waals surface area contributed by atoms with Crippen molar-refractivity contribution in [2.45, 2.75) is 33.1 Å². The fourth-order valence-corrected chi connectivity index (χ4v) is 2.31. The number of phenolic OH excluding ortho intramolecular Hbond substituents is 1. The number of carboxylic acids is 1. The standard InChI is InChI=1S/C16H23NO4/c1-11(2)7-12(8-16(20)21)10-17-15(19)9-13-5-3-4-6-14(13)18/h3-6,11-12,18H,7-10H2,1-2H3,(H,17,19)(H,20,21)/t12-/m0/s1. The van der Waals surface area contributed by atoms with Crippen molar-refractivity contribution in [3.63, 3.8) is 0 Å². The number of para-hydroxylation sites is 1. The van der Waals surface area contributed by atoms with Gasteiger partial charge in [-0.3, -0.25) is 9.59 Å². The van der Waals surface area contributed by atoms with Gasteiger partial charge in [0.05, 0.1) is 6.42 Å². The Balaban J connectivity index is 2.49. The monoisotopic (exact) mass is 293 g/mol. The number of benzene rings is 1. The number of aromatic hydroxyl groups is 1. The van der Waals surface area contributed by atoms with E-state index < -0.39 is 5.97 Å². The lowest BCUT2D eigenvalue weighted by molar-refractivity contribution is -0.138. The highest BCUT2D eigenvalue weighted by Gasteiger charge is 2.16. The maximum absolute atomic E-state index is 11.9. The van der Waals surface area contributed by atoms with Crippen molar-refractivity contribution in [3.05, 3.63) is 29.8 Å². The number of hydrogen-bond donors (Lipinski definition) is 3. The van der Waals surface area contributed by atoms with Gasteiger partial charge in [-0.05, 0) is 24.3 Å². The van der Waals surface area contributed by atoms with Gasteiger partial charge in [-0.1, -0.05) is 32.0 Å². The molecule has 0 spiro atoms. The van der Waals surface area contributed by atoms with Crippen LogP contribution in [0, 0.1) is 11.8 Å². The summed E-state index contributed by atoms with van der Waals surface area (Å²) in [4.78, 5) is 22.7. The Kier molecular flexibility index (Phi) is 6.72. The Morgan fingerprint density at radius 2 is 1.90 bits per heavy atom. The first-order chi connectivity index (χ1) is 9.88. The van der Waals surface area contributed by atoms with Crippen molar-refractivity contribution in [2.24, 2.45) is 11.8 Å². The zero-order valence-electron chi connectivity index (χ0n) is 12.5. The molecule has 1 aromatic carbocycles. The van der Waals surface area contributed by atoms with Crippen molar-refractivity contribution in [1.82, 2.24) is 5.32 Å². The summed E-state index contributed by atoms with van der Waals surface area (Å²) < 4.78 is 0. The Morgan fingerprint density at radius 3 is 2.48 bits per heavy atom. The molecule has 1 atom stereocenters. The fourth-order valence-electron chi connectivity index (χ4n) is 2.31. The van der Waals surface area contributed by atoms with E-state index in [4.69, 9.17) is 5.11 Å². The van der Waals surface area contributed by atoms with E-state index in [1.54, 1.807) is 18.2 Å². The first-order valence-electron chi connectivity index (χ1n) is 7.13. The molecule has 0 fully saturated rings. The molecular weight excluding hydrogens is 270 g/mol. The topological polar surface area (TPSA) is 86.6 Å². The molecule has 0 aliphatic rings. The molecule has 0 heterocycles. The molecule has 0 aliphatic carbocycles. The van der Waals surface area contributed by atoms with E-state index in [9.17, 15) is 14.7 Å². The summed E-state index contributed by atoms with van der Waals surface area (Å²) >= 11 is 0. The van der Waals surface area contributed by atoms with Gasteiger partial charge in [0.1, 0.15) is 5.75 Å². The fraction of sp³-hybridized carbons (Fsp3) is 0.500. The normalized spacial score (nSPS) is 12.1.